The fourth-order valence-corrected chi connectivity index (χ4v) is 3.66. The zero-order valence-corrected chi connectivity index (χ0v) is 18.6. The molecule has 3 aromatic rings. The molecular weight excluding hydrogens is 400 g/mol. The Balaban J connectivity index is 1.60. The van der Waals surface area contributed by atoms with Crippen molar-refractivity contribution >= 4 is 38.6 Å². The number of amides is 1. The molecule has 1 N–H and O–H groups in total. The van der Waals surface area contributed by atoms with Crippen LogP contribution < -0.4 is 10.1 Å². The number of rotatable bonds is 6. The molecule has 0 bridgehead atoms. The van der Waals surface area contributed by atoms with E-state index in [1.165, 1.54) is 16.9 Å². The minimum atomic E-state index is -0.378. The second-order valence-corrected chi connectivity index (χ2v) is 9.30. The number of benzene rings is 2. The monoisotopic (exact) mass is 426 g/mol. The zero-order valence-electron chi connectivity index (χ0n) is 17.8. The largest absolute Gasteiger partial charge is 0.484 e. The number of carbonyl (C=O) groups excluding carboxylic acids is 2. The van der Waals surface area contributed by atoms with Gasteiger partial charge in [-0.25, -0.2) is 9.78 Å². The van der Waals surface area contributed by atoms with Crippen LogP contribution >= 0.6 is 11.3 Å². The molecule has 1 aromatic heterocycles. The molecule has 1 heterocycles. The summed E-state index contributed by atoms with van der Waals surface area (Å²) in [5.41, 5.74) is 2.42. The maximum atomic E-state index is 12.2. The number of nitrogens with one attached hydrogen (secondary N) is 1. The molecule has 0 aliphatic rings. The molecule has 6 nitrogen and oxygen atoms in total. The summed E-state index contributed by atoms with van der Waals surface area (Å²) in [7, 11) is 0. The smallest absolute Gasteiger partial charge is 0.338 e. The van der Waals surface area contributed by atoms with E-state index in [-0.39, 0.29) is 30.0 Å². The van der Waals surface area contributed by atoms with Crippen LogP contribution in [0.1, 0.15) is 50.5 Å². The molecule has 0 aliphatic carbocycles. The Kier molecular flexibility index (Phi) is 6.41. The fraction of sp³-hybridized carbons (Fsp3) is 0.348. The molecule has 2 aromatic carbocycles. The molecule has 0 radical (unpaired) electrons. The number of carbonyl (C=O) groups is 2. The summed E-state index contributed by atoms with van der Waals surface area (Å²) in [5.74, 6) is -0.0408. The van der Waals surface area contributed by atoms with Crippen molar-refractivity contribution in [2.75, 3.05) is 11.9 Å². The van der Waals surface area contributed by atoms with E-state index in [1.807, 2.05) is 24.3 Å². The van der Waals surface area contributed by atoms with Crippen molar-refractivity contribution in [3.63, 3.8) is 0 Å². The van der Waals surface area contributed by atoms with E-state index < -0.39 is 0 Å². The molecule has 0 saturated carbocycles. The number of nitrogens with zero attached hydrogens (tertiary/aromatic N) is 1. The van der Waals surface area contributed by atoms with E-state index in [0.29, 0.717) is 22.0 Å². The number of hydrogen-bond acceptors (Lipinski definition) is 6. The predicted octanol–water partition coefficient (Wildman–Crippen LogP) is 5.18. The van der Waals surface area contributed by atoms with E-state index in [2.05, 4.69) is 31.1 Å². The fourth-order valence-electron chi connectivity index (χ4n) is 2.74. The minimum Gasteiger partial charge on any atom is -0.484 e. The van der Waals surface area contributed by atoms with Gasteiger partial charge in [0.15, 0.2) is 11.7 Å². The Hall–Kier alpha value is -2.93. The van der Waals surface area contributed by atoms with E-state index >= 15 is 0 Å². The Morgan fingerprint density at radius 1 is 1.10 bits per heavy atom. The van der Waals surface area contributed by atoms with Crippen LogP contribution in [0.25, 0.3) is 10.2 Å². The maximum absolute atomic E-state index is 12.2. The molecule has 0 unspecified atom stereocenters. The first-order valence-electron chi connectivity index (χ1n) is 9.76. The molecule has 0 atom stereocenters. The first-order valence-corrected chi connectivity index (χ1v) is 10.6. The summed E-state index contributed by atoms with van der Waals surface area (Å²) in [5, 5.41) is 3.20. The van der Waals surface area contributed by atoms with Gasteiger partial charge in [0.1, 0.15) is 5.75 Å². The highest BCUT2D eigenvalue weighted by Gasteiger charge is 2.15. The molecule has 0 fully saturated rings. The average Bonchev–Trinajstić information content (AvgIpc) is 3.06. The number of aromatic nitrogens is 1. The first kappa shape index (κ1) is 21.8. The minimum absolute atomic E-state index is 0.0636. The third kappa shape index (κ3) is 5.57. The normalized spacial score (nSPS) is 11.5. The first-order chi connectivity index (χ1) is 14.1. The lowest BCUT2D eigenvalue weighted by Crippen LogP contribution is -2.20. The number of ether oxygens (including phenoxy) is 2. The van der Waals surface area contributed by atoms with Gasteiger partial charge in [0, 0.05) is 0 Å². The third-order valence-electron chi connectivity index (χ3n) is 4.30. The summed E-state index contributed by atoms with van der Waals surface area (Å²) in [6, 6.07) is 12.9. The lowest BCUT2D eigenvalue weighted by atomic mass is 9.87. The van der Waals surface area contributed by atoms with Crippen molar-refractivity contribution < 1.29 is 19.1 Å². The summed E-state index contributed by atoms with van der Waals surface area (Å²) < 4.78 is 11.6. The van der Waals surface area contributed by atoms with Crippen LogP contribution in [-0.2, 0) is 14.9 Å². The summed E-state index contributed by atoms with van der Waals surface area (Å²) in [6.07, 6.45) is -0.186. The van der Waals surface area contributed by atoms with Gasteiger partial charge >= 0.3 is 5.97 Å². The van der Waals surface area contributed by atoms with Crippen LogP contribution in [0, 0.1) is 0 Å². The predicted molar refractivity (Wildman–Crippen MR) is 119 cm³/mol. The number of anilines is 1. The van der Waals surface area contributed by atoms with Gasteiger partial charge in [0.25, 0.3) is 5.91 Å². The number of fused-ring (bicyclic) bond motifs is 1. The second-order valence-electron chi connectivity index (χ2n) is 8.27. The van der Waals surface area contributed by atoms with E-state index in [0.717, 1.165) is 4.70 Å². The van der Waals surface area contributed by atoms with Crippen LogP contribution in [0.2, 0.25) is 0 Å². The maximum Gasteiger partial charge on any atom is 0.338 e. The van der Waals surface area contributed by atoms with Gasteiger partial charge in [0.2, 0.25) is 0 Å². The van der Waals surface area contributed by atoms with Gasteiger partial charge in [-0.15, -0.1) is 0 Å². The SMILES string of the molecule is CC(C)OC(=O)c1ccc2nc(NC(=O)COc3ccc(C(C)(C)C)cc3)sc2c1. The Bertz CT molecular complexity index is 1050. The highest BCUT2D eigenvalue weighted by molar-refractivity contribution is 7.22. The second kappa shape index (κ2) is 8.83. The Morgan fingerprint density at radius 3 is 2.43 bits per heavy atom. The van der Waals surface area contributed by atoms with Crippen molar-refractivity contribution in [2.45, 2.75) is 46.1 Å². The van der Waals surface area contributed by atoms with Crippen molar-refractivity contribution in [3.05, 3.63) is 53.6 Å². The number of hydrogen-bond donors (Lipinski definition) is 1. The summed E-state index contributed by atoms with van der Waals surface area (Å²) in [4.78, 5) is 28.7. The van der Waals surface area contributed by atoms with Gasteiger partial charge in [-0.05, 0) is 55.2 Å². The van der Waals surface area contributed by atoms with Crippen molar-refractivity contribution in [3.8, 4) is 5.75 Å². The van der Waals surface area contributed by atoms with E-state index in [9.17, 15) is 9.59 Å². The molecule has 158 valence electrons. The van der Waals surface area contributed by atoms with E-state index in [1.54, 1.807) is 32.0 Å². The molecular formula is C23H26N2O4S. The average molecular weight is 427 g/mol. The van der Waals surface area contributed by atoms with E-state index in [4.69, 9.17) is 9.47 Å². The van der Waals surface area contributed by atoms with Gasteiger partial charge in [-0.1, -0.05) is 44.2 Å². The van der Waals surface area contributed by atoms with Crippen LogP contribution in [0.4, 0.5) is 5.13 Å². The van der Waals surface area contributed by atoms with Crippen LogP contribution in [-0.4, -0.2) is 29.6 Å². The molecule has 0 saturated heterocycles. The quantitative estimate of drug-likeness (QED) is 0.550. The topological polar surface area (TPSA) is 77.5 Å². The summed E-state index contributed by atoms with van der Waals surface area (Å²) in [6.45, 7) is 9.92. The molecule has 0 spiro atoms. The molecule has 0 aliphatic heterocycles. The van der Waals surface area contributed by atoms with Gasteiger partial charge in [-0.2, -0.15) is 0 Å². The van der Waals surface area contributed by atoms with Gasteiger partial charge in [0.05, 0.1) is 21.9 Å². The van der Waals surface area contributed by atoms with Crippen molar-refractivity contribution in [2.24, 2.45) is 0 Å². The molecule has 3 rings (SSSR count). The van der Waals surface area contributed by atoms with Crippen LogP contribution in [0.3, 0.4) is 0 Å². The summed E-state index contributed by atoms with van der Waals surface area (Å²) >= 11 is 1.30. The van der Waals surface area contributed by atoms with Crippen LogP contribution in [0.15, 0.2) is 42.5 Å². The number of thiazole rings is 1. The third-order valence-corrected chi connectivity index (χ3v) is 5.24. The highest BCUT2D eigenvalue weighted by atomic mass is 32.1. The highest BCUT2D eigenvalue weighted by Crippen LogP contribution is 2.27. The van der Waals surface area contributed by atoms with Gasteiger partial charge < -0.3 is 9.47 Å². The standard InChI is InChI=1S/C23H26N2O4S/c1-14(2)29-21(27)15-6-11-18-19(12-15)30-22(24-18)25-20(26)13-28-17-9-7-16(8-10-17)23(3,4)5/h6-12,14H,13H2,1-5H3,(H,24,25,26). The van der Waals surface area contributed by atoms with Crippen LogP contribution in [0.5, 0.6) is 5.75 Å². The molecule has 1 amide bonds. The zero-order chi connectivity index (χ0) is 21.9. The Labute approximate surface area is 180 Å². The lowest BCUT2D eigenvalue weighted by molar-refractivity contribution is -0.118. The number of esters is 1. The molecule has 30 heavy (non-hydrogen) atoms. The Morgan fingerprint density at radius 2 is 1.80 bits per heavy atom. The molecule has 7 heteroatoms. The van der Waals surface area contributed by atoms with Crippen molar-refractivity contribution in [1.82, 2.24) is 4.98 Å². The lowest BCUT2D eigenvalue weighted by Gasteiger charge is -2.19. The van der Waals surface area contributed by atoms with Crippen molar-refractivity contribution in [1.29, 1.82) is 0 Å². The van der Waals surface area contributed by atoms with Gasteiger partial charge in [-0.3, -0.25) is 10.1 Å².